The molecule has 92 valence electrons. The normalized spacial score (nSPS) is 10.3. The topological polar surface area (TPSA) is 51.6 Å². The molecule has 4 heteroatoms. The first-order valence-electron chi connectivity index (χ1n) is 5.81. The van der Waals surface area contributed by atoms with Crippen molar-refractivity contribution in [2.75, 3.05) is 5.32 Å². The number of hydrogen-bond acceptors (Lipinski definition) is 2. The van der Waals surface area contributed by atoms with E-state index in [-0.39, 0.29) is 0 Å². The highest BCUT2D eigenvalue weighted by Gasteiger charge is 2.10. The summed E-state index contributed by atoms with van der Waals surface area (Å²) in [7, 11) is 0. The fraction of sp³-hybridized carbons (Fsp3) is 0. The van der Waals surface area contributed by atoms with Gasteiger partial charge >= 0.3 is 0 Å². The molecule has 0 aliphatic heterocycles. The van der Waals surface area contributed by atoms with E-state index in [1.807, 2.05) is 48.5 Å². The minimum atomic E-state index is 0.607. The third kappa shape index (κ3) is 2.14. The summed E-state index contributed by atoms with van der Waals surface area (Å²) in [6, 6.07) is 17.3. The van der Waals surface area contributed by atoms with Crippen LogP contribution >= 0.6 is 11.6 Å². The number of nitrogens with one attached hydrogen (secondary N) is 2. The number of H-pyrrole nitrogens is 1. The van der Waals surface area contributed by atoms with Crippen molar-refractivity contribution in [1.82, 2.24) is 4.98 Å². The molecular formula is C15H10ClN3. The van der Waals surface area contributed by atoms with Gasteiger partial charge in [0.25, 0.3) is 0 Å². The van der Waals surface area contributed by atoms with Crippen molar-refractivity contribution < 1.29 is 0 Å². The van der Waals surface area contributed by atoms with Crippen LogP contribution in [-0.2, 0) is 0 Å². The van der Waals surface area contributed by atoms with E-state index < -0.39 is 0 Å². The monoisotopic (exact) mass is 267 g/mol. The van der Waals surface area contributed by atoms with Crippen molar-refractivity contribution in [2.45, 2.75) is 0 Å². The molecule has 0 saturated heterocycles. The highest BCUT2D eigenvalue weighted by atomic mass is 35.5. The zero-order valence-corrected chi connectivity index (χ0v) is 10.7. The molecule has 3 nitrogen and oxygen atoms in total. The van der Waals surface area contributed by atoms with Crippen molar-refractivity contribution in [3.05, 3.63) is 59.1 Å². The molecule has 2 aromatic carbocycles. The predicted octanol–water partition coefficient (Wildman–Crippen LogP) is 4.44. The number of anilines is 2. The van der Waals surface area contributed by atoms with E-state index in [1.165, 1.54) is 0 Å². The summed E-state index contributed by atoms with van der Waals surface area (Å²) in [5.74, 6) is 0.686. The van der Waals surface area contributed by atoms with E-state index in [0.717, 1.165) is 16.6 Å². The van der Waals surface area contributed by atoms with E-state index in [2.05, 4.69) is 16.4 Å². The summed E-state index contributed by atoms with van der Waals surface area (Å²) in [6.45, 7) is 0. The van der Waals surface area contributed by atoms with Gasteiger partial charge in [-0.1, -0.05) is 35.9 Å². The van der Waals surface area contributed by atoms with Gasteiger partial charge in [0, 0.05) is 21.6 Å². The summed E-state index contributed by atoms with van der Waals surface area (Å²) < 4.78 is 0. The van der Waals surface area contributed by atoms with Gasteiger partial charge in [0.15, 0.2) is 0 Å². The van der Waals surface area contributed by atoms with Crippen molar-refractivity contribution in [2.24, 2.45) is 0 Å². The highest BCUT2D eigenvalue weighted by molar-refractivity contribution is 6.30. The average Bonchev–Trinajstić information content (AvgIpc) is 2.75. The van der Waals surface area contributed by atoms with Gasteiger partial charge in [-0.25, -0.2) is 0 Å². The van der Waals surface area contributed by atoms with Gasteiger partial charge < -0.3 is 10.3 Å². The lowest BCUT2D eigenvalue weighted by Gasteiger charge is -2.04. The number of hydrogen-bond donors (Lipinski definition) is 2. The van der Waals surface area contributed by atoms with Crippen LogP contribution in [0, 0.1) is 11.3 Å². The lowest BCUT2D eigenvalue weighted by molar-refractivity contribution is 1.40. The Kier molecular flexibility index (Phi) is 2.86. The smallest absolute Gasteiger partial charge is 0.127 e. The lowest BCUT2D eigenvalue weighted by atomic mass is 10.2. The molecule has 3 rings (SSSR count). The van der Waals surface area contributed by atoms with Crippen molar-refractivity contribution in [3.8, 4) is 6.07 Å². The molecule has 19 heavy (non-hydrogen) atoms. The number of benzene rings is 2. The van der Waals surface area contributed by atoms with Crippen molar-refractivity contribution in [3.63, 3.8) is 0 Å². The summed E-state index contributed by atoms with van der Waals surface area (Å²) in [4.78, 5) is 3.21. The van der Waals surface area contributed by atoms with E-state index in [0.29, 0.717) is 16.4 Å². The zero-order chi connectivity index (χ0) is 13.2. The van der Waals surface area contributed by atoms with Gasteiger partial charge in [-0.2, -0.15) is 5.26 Å². The summed E-state index contributed by atoms with van der Waals surface area (Å²) >= 11 is 5.95. The molecule has 0 unspecified atom stereocenters. The van der Waals surface area contributed by atoms with E-state index in [9.17, 15) is 5.26 Å². The number of aromatic amines is 1. The molecule has 0 fully saturated rings. The Morgan fingerprint density at radius 2 is 1.95 bits per heavy atom. The van der Waals surface area contributed by atoms with Crippen LogP contribution in [0.3, 0.4) is 0 Å². The van der Waals surface area contributed by atoms with Gasteiger partial charge in [-0.3, -0.25) is 0 Å². The molecule has 0 spiro atoms. The molecular weight excluding hydrogens is 258 g/mol. The molecule has 0 bridgehead atoms. The molecule has 0 radical (unpaired) electrons. The number of nitriles is 1. The van der Waals surface area contributed by atoms with Crippen LogP contribution in [0.25, 0.3) is 10.9 Å². The molecule has 0 amide bonds. The van der Waals surface area contributed by atoms with E-state index in [4.69, 9.17) is 11.6 Å². The maximum atomic E-state index is 9.30. The number of para-hydroxylation sites is 1. The van der Waals surface area contributed by atoms with Crippen LogP contribution in [0.1, 0.15) is 5.56 Å². The molecule has 2 N–H and O–H groups in total. The second kappa shape index (κ2) is 4.68. The summed E-state index contributed by atoms with van der Waals surface area (Å²) in [5, 5.41) is 14.1. The van der Waals surface area contributed by atoms with Crippen LogP contribution < -0.4 is 5.32 Å². The van der Waals surface area contributed by atoms with Crippen LogP contribution in [0.5, 0.6) is 0 Å². The van der Waals surface area contributed by atoms with Gasteiger partial charge in [-0.05, 0) is 24.3 Å². The minimum Gasteiger partial charge on any atom is -0.341 e. The first-order valence-corrected chi connectivity index (χ1v) is 6.19. The SMILES string of the molecule is N#Cc1c(Nc2cccc(Cl)c2)[nH]c2ccccc12. The first kappa shape index (κ1) is 11.6. The number of aromatic nitrogens is 1. The van der Waals surface area contributed by atoms with Gasteiger partial charge in [0.1, 0.15) is 17.5 Å². The second-order valence-electron chi connectivity index (χ2n) is 4.17. The van der Waals surface area contributed by atoms with Gasteiger partial charge in [-0.15, -0.1) is 0 Å². The largest absolute Gasteiger partial charge is 0.341 e. The van der Waals surface area contributed by atoms with E-state index >= 15 is 0 Å². The van der Waals surface area contributed by atoms with Crippen LogP contribution in [0.2, 0.25) is 5.02 Å². The molecule has 0 aliphatic carbocycles. The Bertz CT molecular complexity index is 783. The third-order valence-electron chi connectivity index (χ3n) is 2.91. The maximum Gasteiger partial charge on any atom is 0.127 e. The van der Waals surface area contributed by atoms with Gasteiger partial charge in [0.2, 0.25) is 0 Å². The van der Waals surface area contributed by atoms with Crippen LogP contribution in [-0.4, -0.2) is 4.98 Å². The van der Waals surface area contributed by atoms with Crippen LogP contribution in [0.4, 0.5) is 11.5 Å². The molecule has 0 atom stereocenters. The number of nitrogens with zero attached hydrogens (tertiary/aromatic N) is 1. The fourth-order valence-electron chi connectivity index (χ4n) is 2.06. The quantitative estimate of drug-likeness (QED) is 0.721. The average molecular weight is 268 g/mol. The first-order chi connectivity index (χ1) is 9.28. The van der Waals surface area contributed by atoms with Crippen molar-refractivity contribution >= 4 is 34.0 Å². The Morgan fingerprint density at radius 1 is 1.11 bits per heavy atom. The minimum absolute atomic E-state index is 0.607. The molecule has 1 aromatic heterocycles. The summed E-state index contributed by atoms with van der Waals surface area (Å²) in [6.07, 6.45) is 0. The van der Waals surface area contributed by atoms with Crippen LogP contribution in [0.15, 0.2) is 48.5 Å². The molecule has 3 aromatic rings. The third-order valence-corrected chi connectivity index (χ3v) is 3.15. The highest BCUT2D eigenvalue weighted by Crippen LogP contribution is 2.28. The molecule has 0 saturated carbocycles. The van der Waals surface area contributed by atoms with E-state index in [1.54, 1.807) is 0 Å². The zero-order valence-electron chi connectivity index (χ0n) is 9.94. The van der Waals surface area contributed by atoms with Crippen molar-refractivity contribution in [1.29, 1.82) is 5.26 Å². The molecule has 0 aliphatic rings. The standard InChI is InChI=1S/C15H10ClN3/c16-10-4-3-5-11(8-10)18-15-13(9-17)12-6-1-2-7-14(12)19-15/h1-8,18-19H. The van der Waals surface area contributed by atoms with Gasteiger partial charge in [0.05, 0.1) is 0 Å². The Balaban J connectivity index is 2.08. The fourth-order valence-corrected chi connectivity index (χ4v) is 2.25. The Hall–Kier alpha value is -2.44. The number of rotatable bonds is 2. The maximum absolute atomic E-state index is 9.30. The summed E-state index contributed by atoms with van der Waals surface area (Å²) in [5.41, 5.74) is 2.38. The number of fused-ring (bicyclic) bond motifs is 1. The Labute approximate surface area is 115 Å². The number of halogens is 1. The Morgan fingerprint density at radius 3 is 2.74 bits per heavy atom. The predicted molar refractivity (Wildman–Crippen MR) is 77.7 cm³/mol. The molecule has 1 heterocycles. The second-order valence-corrected chi connectivity index (χ2v) is 4.60. The lowest BCUT2D eigenvalue weighted by Crippen LogP contribution is -1.92.